The van der Waals surface area contributed by atoms with Gasteiger partial charge in [0.2, 0.25) is 0 Å². The number of anilines is 1. The van der Waals surface area contributed by atoms with Crippen LogP contribution in [0.15, 0.2) is 47.8 Å². The van der Waals surface area contributed by atoms with E-state index in [1.165, 1.54) is 5.56 Å². The Hall–Kier alpha value is -1.73. The summed E-state index contributed by atoms with van der Waals surface area (Å²) in [6.07, 6.45) is 1.24. The number of thioether (sulfide) groups is 1. The Kier molecular flexibility index (Phi) is 5.98. The normalized spacial score (nSPS) is 15.9. The van der Waals surface area contributed by atoms with Crippen LogP contribution in [-0.4, -0.2) is 54.0 Å². The van der Waals surface area contributed by atoms with E-state index in [0.717, 1.165) is 16.6 Å². The molecule has 0 unspecified atom stereocenters. The van der Waals surface area contributed by atoms with Gasteiger partial charge in [-0.15, -0.1) is 11.8 Å². The number of piperazine rings is 1. The van der Waals surface area contributed by atoms with Crippen LogP contribution in [-0.2, 0) is 5.75 Å². The summed E-state index contributed by atoms with van der Waals surface area (Å²) in [5.41, 5.74) is 1.25. The predicted octanol–water partition coefficient (Wildman–Crippen LogP) is 3.16. The Morgan fingerprint density at radius 1 is 1.04 bits per heavy atom. The lowest BCUT2D eigenvalue weighted by Crippen LogP contribution is -2.48. The molecule has 0 bridgehead atoms. The predicted molar refractivity (Wildman–Crippen MR) is 92.7 cm³/mol. The van der Waals surface area contributed by atoms with Gasteiger partial charge in [-0.1, -0.05) is 30.3 Å². The quantitative estimate of drug-likeness (QED) is 0.747. The van der Waals surface area contributed by atoms with E-state index in [4.69, 9.17) is 0 Å². The van der Waals surface area contributed by atoms with Gasteiger partial charge in [-0.3, -0.25) is 9.88 Å². The molecule has 0 radical (unpaired) electrons. The first-order chi connectivity index (χ1) is 11.7. The molecule has 0 atom stereocenters. The van der Waals surface area contributed by atoms with Gasteiger partial charge >= 0.3 is 0 Å². The third-order valence-corrected chi connectivity index (χ3v) is 4.89. The van der Waals surface area contributed by atoms with Gasteiger partial charge in [0.05, 0.1) is 18.9 Å². The third kappa shape index (κ3) is 4.88. The van der Waals surface area contributed by atoms with Crippen LogP contribution in [0, 0.1) is 0 Å². The van der Waals surface area contributed by atoms with Gasteiger partial charge < -0.3 is 4.90 Å². The molecule has 1 aliphatic heterocycles. The van der Waals surface area contributed by atoms with Crippen molar-refractivity contribution in [3.8, 4) is 0 Å². The van der Waals surface area contributed by atoms with E-state index in [-0.39, 0.29) is 6.54 Å². The number of nitrogens with zero attached hydrogens (tertiary/aromatic N) is 4. The van der Waals surface area contributed by atoms with Crippen molar-refractivity contribution >= 4 is 17.6 Å². The summed E-state index contributed by atoms with van der Waals surface area (Å²) in [4.78, 5) is 12.8. The van der Waals surface area contributed by atoms with Gasteiger partial charge in [0, 0.05) is 31.9 Å². The van der Waals surface area contributed by atoms with E-state index in [1.807, 2.05) is 18.2 Å². The van der Waals surface area contributed by atoms with Crippen molar-refractivity contribution in [3.63, 3.8) is 0 Å². The molecule has 0 N–H and O–H groups in total. The summed E-state index contributed by atoms with van der Waals surface area (Å²) in [5, 5.41) is 0.881. The smallest absolute Gasteiger partial charge is 0.251 e. The molecule has 0 amide bonds. The summed E-state index contributed by atoms with van der Waals surface area (Å²) in [6, 6.07) is 10.2. The van der Waals surface area contributed by atoms with Crippen LogP contribution >= 0.6 is 11.8 Å². The van der Waals surface area contributed by atoms with Crippen molar-refractivity contribution in [2.75, 3.05) is 37.6 Å². The first kappa shape index (κ1) is 17.1. The number of rotatable bonds is 6. The molecular formula is C17H20F2N4S. The molecule has 1 saturated heterocycles. The van der Waals surface area contributed by atoms with Crippen molar-refractivity contribution in [1.82, 2.24) is 14.9 Å². The first-order valence-electron chi connectivity index (χ1n) is 7.95. The van der Waals surface area contributed by atoms with Crippen molar-refractivity contribution in [3.05, 3.63) is 48.3 Å². The van der Waals surface area contributed by atoms with Crippen molar-refractivity contribution < 1.29 is 8.78 Å². The molecule has 1 fully saturated rings. The lowest BCUT2D eigenvalue weighted by Gasteiger charge is -2.35. The maximum absolute atomic E-state index is 12.4. The topological polar surface area (TPSA) is 32.3 Å². The molecule has 24 heavy (non-hydrogen) atoms. The Morgan fingerprint density at radius 2 is 1.79 bits per heavy atom. The van der Waals surface area contributed by atoms with Crippen LogP contribution in [0.4, 0.5) is 14.6 Å². The fraction of sp³-hybridized carbons (Fsp3) is 0.412. The fourth-order valence-corrected chi connectivity index (χ4v) is 3.45. The number of benzene rings is 1. The van der Waals surface area contributed by atoms with Gasteiger partial charge in [0.25, 0.3) is 6.43 Å². The minimum absolute atomic E-state index is 0.146. The number of halogens is 2. The highest BCUT2D eigenvalue weighted by Gasteiger charge is 2.20. The Bertz CT molecular complexity index is 633. The highest BCUT2D eigenvalue weighted by Crippen LogP contribution is 2.23. The molecule has 1 aromatic heterocycles. The second-order valence-corrected chi connectivity index (χ2v) is 6.66. The Labute approximate surface area is 144 Å². The summed E-state index contributed by atoms with van der Waals surface area (Å²) < 4.78 is 24.9. The second-order valence-electron chi connectivity index (χ2n) is 5.67. The molecule has 0 aliphatic carbocycles. The van der Waals surface area contributed by atoms with Crippen molar-refractivity contribution in [2.45, 2.75) is 17.2 Å². The molecule has 2 heterocycles. The summed E-state index contributed by atoms with van der Waals surface area (Å²) in [7, 11) is 0. The van der Waals surface area contributed by atoms with Crippen LogP contribution in [0.5, 0.6) is 0 Å². The minimum Gasteiger partial charge on any atom is -0.353 e. The first-order valence-corrected chi connectivity index (χ1v) is 8.93. The Morgan fingerprint density at radius 3 is 2.50 bits per heavy atom. The Balaban J connectivity index is 1.56. The molecule has 3 rings (SSSR count). The second kappa shape index (κ2) is 8.39. The lowest BCUT2D eigenvalue weighted by molar-refractivity contribution is 0.0853. The molecule has 2 aromatic rings. The zero-order chi connectivity index (χ0) is 16.8. The molecule has 1 aromatic carbocycles. The van der Waals surface area contributed by atoms with E-state index in [1.54, 1.807) is 29.1 Å². The van der Waals surface area contributed by atoms with Gasteiger partial charge in [0.15, 0.2) is 0 Å². The average Bonchev–Trinajstić information content (AvgIpc) is 2.61. The van der Waals surface area contributed by atoms with E-state index in [2.05, 4.69) is 27.0 Å². The van der Waals surface area contributed by atoms with E-state index < -0.39 is 6.43 Å². The molecule has 0 saturated carbocycles. The van der Waals surface area contributed by atoms with Crippen LogP contribution in [0.1, 0.15) is 5.56 Å². The van der Waals surface area contributed by atoms with Gasteiger partial charge in [-0.25, -0.2) is 13.8 Å². The molecule has 7 heteroatoms. The van der Waals surface area contributed by atoms with Crippen LogP contribution in [0.25, 0.3) is 0 Å². The zero-order valence-corrected chi connectivity index (χ0v) is 14.1. The average molecular weight is 350 g/mol. The number of hydrogen-bond donors (Lipinski definition) is 0. The van der Waals surface area contributed by atoms with E-state index >= 15 is 0 Å². The van der Waals surface area contributed by atoms with Crippen molar-refractivity contribution in [1.29, 1.82) is 0 Å². The highest BCUT2D eigenvalue weighted by atomic mass is 32.2. The van der Waals surface area contributed by atoms with Gasteiger partial charge in [0.1, 0.15) is 10.8 Å². The van der Waals surface area contributed by atoms with Crippen molar-refractivity contribution in [2.24, 2.45) is 0 Å². The minimum atomic E-state index is -2.27. The molecule has 128 valence electrons. The van der Waals surface area contributed by atoms with Gasteiger partial charge in [-0.2, -0.15) is 0 Å². The zero-order valence-electron chi connectivity index (χ0n) is 13.3. The summed E-state index contributed by atoms with van der Waals surface area (Å²) in [6.45, 7) is 2.52. The largest absolute Gasteiger partial charge is 0.353 e. The van der Waals surface area contributed by atoms with Crippen LogP contribution in [0.2, 0.25) is 0 Å². The highest BCUT2D eigenvalue weighted by molar-refractivity contribution is 7.98. The standard InChI is InChI=1S/C17H20F2N4S/c18-15(19)12-22-6-8-23(9-7-22)16-10-20-11-17(21-16)24-13-14-4-2-1-3-5-14/h1-5,10-11,15H,6-9,12-13H2. The van der Waals surface area contributed by atoms with E-state index in [0.29, 0.717) is 26.2 Å². The summed E-state index contributed by atoms with van der Waals surface area (Å²) >= 11 is 1.65. The number of alkyl halides is 2. The maximum Gasteiger partial charge on any atom is 0.251 e. The van der Waals surface area contributed by atoms with Gasteiger partial charge in [-0.05, 0) is 5.56 Å². The monoisotopic (exact) mass is 350 g/mol. The van der Waals surface area contributed by atoms with Crippen LogP contribution < -0.4 is 4.90 Å². The fourth-order valence-electron chi connectivity index (χ4n) is 2.65. The molecule has 1 aliphatic rings. The van der Waals surface area contributed by atoms with Crippen LogP contribution in [0.3, 0.4) is 0 Å². The third-order valence-electron chi connectivity index (χ3n) is 3.92. The SMILES string of the molecule is FC(F)CN1CCN(c2cncc(SCc3ccccc3)n2)CC1. The lowest BCUT2D eigenvalue weighted by atomic mass is 10.2. The number of aromatic nitrogens is 2. The molecular weight excluding hydrogens is 330 g/mol. The van der Waals surface area contributed by atoms with E-state index in [9.17, 15) is 8.78 Å². The maximum atomic E-state index is 12.4. The summed E-state index contributed by atoms with van der Waals surface area (Å²) in [5.74, 6) is 1.67. The molecule has 4 nitrogen and oxygen atoms in total. The number of hydrogen-bond acceptors (Lipinski definition) is 5. The molecule has 0 spiro atoms.